The molecule has 4 heteroatoms. The van der Waals surface area contributed by atoms with E-state index in [9.17, 15) is 14.7 Å². The molecule has 108 valence electrons. The summed E-state index contributed by atoms with van der Waals surface area (Å²) in [5, 5.41) is 12.3. The van der Waals surface area contributed by atoms with Gasteiger partial charge in [0.05, 0.1) is 0 Å². The highest BCUT2D eigenvalue weighted by Gasteiger charge is 2.38. The summed E-state index contributed by atoms with van der Waals surface area (Å²) in [6, 6.07) is 8.85. The van der Waals surface area contributed by atoms with E-state index in [4.69, 9.17) is 0 Å². The summed E-state index contributed by atoms with van der Waals surface area (Å²) in [6.07, 6.45) is 4.98. The molecule has 1 unspecified atom stereocenters. The van der Waals surface area contributed by atoms with Gasteiger partial charge in [-0.1, -0.05) is 49.6 Å². The maximum Gasteiger partial charge on any atom is 0.333 e. The van der Waals surface area contributed by atoms with Gasteiger partial charge < -0.3 is 10.4 Å². The van der Waals surface area contributed by atoms with Crippen LogP contribution in [-0.4, -0.2) is 17.0 Å². The number of aliphatic carboxylic acids is 1. The Morgan fingerprint density at radius 1 is 1.15 bits per heavy atom. The Morgan fingerprint density at radius 3 is 2.30 bits per heavy atom. The fourth-order valence-electron chi connectivity index (χ4n) is 2.73. The van der Waals surface area contributed by atoms with E-state index >= 15 is 0 Å². The Labute approximate surface area is 119 Å². The second-order valence-corrected chi connectivity index (χ2v) is 5.62. The van der Waals surface area contributed by atoms with E-state index in [0.29, 0.717) is 5.56 Å². The van der Waals surface area contributed by atoms with Gasteiger partial charge in [0.25, 0.3) is 0 Å². The number of rotatable bonds is 4. The number of amides is 1. The summed E-state index contributed by atoms with van der Waals surface area (Å²) < 4.78 is 0. The predicted molar refractivity (Wildman–Crippen MR) is 76.1 cm³/mol. The summed E-state index contributed by atoms with van der Waals surface area (Å²) in [5.41, 5.74) is -0.771. The Hall–Kier alpha value is -1.84. The van der Waals surface area contributed by atoms with Gasteiger partial charge in [-0.05, 0) is 25.3 Å². The molecular weight excluding hydrogens is 254 g/mol. The van der Waals surface area contributed by atoms with Crippen molar-refractivity contribution in [2.24, 2.45) is 5.92 Å². The standard InChI is InChI=1S/C16H21NO3/c1-16(15(19)20,13-10-6-3-7-11-13)17-14(18)12-8-4-2-5-9-12/h3,6-7,10-12H,2,4-5,8-9H2,1H3,(H,17,18)(H,19,20). The van der Waals surface area contributed by atoms with Crippen molar-refractivity contribution in [2.75, 3.05) is 0 Å². The van der Waals surface area contributed by atoms with E-state index < -0.39 is 11.5 Å². The first-order valence-corrected chi connectivity index (χ1v) is 7.15. The molecule has 1 aliphatic carbocycles. The fourth-order valence-corrected chi connectivity index (χ4v) is 2.73. The lowest BCUT2D eigenvalue weighted by Crippen LogP contribution is -2.51. The molecule has 0 spiro atoms. The minimum atomic E-state index is -1.37. The molecule has 1 aromatic carbocycles. The molecule has 2 rings (SSSR count). The second-order valence-electron chi connectivity index (χ2n) is 5.62. The largest absolute Gasteiger partial charge is 0.479 e. The Balaban J connectivity index is 2.17. The molecule has 2 N–H and O–H groups in total. The van der Waals surface area contributed by atoms with Gasteiger partial charge in [0.2, 0.25) is 5.91 Å². The van der Waals surface area contributed by atoms with Crippen LogP contribution in [0.5, 0.6) is 0 Å². The van der Waals surface area contributed by atoms with Crippen LogP contribution in [0.1, 0.15) is 44.6 Å². The van der Waals surface area contributed by atoms with Crippen molar-refractivity contribution < 1.29 is 14.7 Å². The molecule has 0 saturated heterocycles. The fraction of sp³-hybridized carbons (Fsp3) is 0.500. The van der Waals surface area contributed by atoms with Crippen LogP contribution in [0.2, 0.25) is 0 Å². The minimum absolute atomic E-state index is 0.0499. The highest BCUT2D eigenvalue weighted by atomic mass is 16.4. The SMILES string of the molecule is CC(NC(=O)C1CCCCC1)(C(=O)O)c1ccccc1. The van der Waals surface area contributed by atoms with Gasteiger partial charge in [0, 0.05) is 5.92 Å². The van der Waals surface area contributed by atoms with Crippen molar-refractivity contribution in [3.05, 3.63) is 35.9 Å². The summed E-state index contributed by atoms with van der Waals surface area (Å²) in [6.45, 7) is 1.55. The highest BCUT2D eigenvalue weighted by Crippen LogP contribution is 2.27. The van der Waals surface area contributed by atoms with Gasteiger partial charge >= 0.3 is 5.97 Å². The summed E-state index contributed by atoms with van der Waals surface area (Å²) in [5.74, 6) is -1.22. The molecular formula is C16H21NO3. The molecule has 1 atom stereocenters. The van der Waals surface area contributed by atoms with E-state index in [2.05, 4.69) is 5.32 Å². The third kappa shape index (κ3) is 3.00. The maximum atomic E-state index is 12.3. The zero-order valence-electron chi connectivity index (χ0n) is 11.8. The zero-order valence-corrected chi connectivity index (χ0v) is 11.8. The molecule has 1 aliphatic rings. The number of carboxylic acids is 1. The summed E-state index contributed by atoms with van der Waals surface area (Å²) >= 11 is 0. The normalized spacial score (nSPS) is 19.1. The lowest BCUT2D eigenvalue weighted by Gasteiger charge is -2.30. The molecule has 1 aromatic rings. The van der Waals surface area contributed by atoms with E-state index in [0.717, 1.165) is 25.7 Å². The van der Waals surface area contributed by atoms with Crippen LogP contribution < -0.4 is 5.32 Å². The zero-order chi connectivity index (χ0) is 14.6. The van der Waals surface area contributed by atoms with Gasteiger partial charge in [-0.15, -0.1) is 0 Å². The molecule has 4 nitrogen and oxygen atoms in total. The molecule has 20 heavy (non-hydrogen) atoms. The molecule has 0 aromatic heterocycles. The van der Waals surface area contributed by atoms with Crippen molar-refractivity contribution in [1.29, 1.82) is 0 Å². The highest BCUT2D eigenvalue weighted by molar-refractivity contribution is 5.88. The predicted octanol–water partition coefficient (Wildman–Crippen LogP) is 2.68. The van der Waals surface area contributed by atoms with Crippen molar-refractivity contribution >= 4 is 11.9 Å². The molecule has 1 saturated carbocycles. The van der Waals surface area contributed by atoms with Crippen molar-refractivity contribution in [3.63, 3.8) is 0 Å². The van der Waals surface area contributed by atoms with Crippen LogP contribution >= 0.6 is 0 Å². The lowest BCUT2D eigenvalue weighted by molar-refractivity contribution is -0.148. The molecule has 0 bridgehead atoms. The van der Waals surface area contributed by atoms with Gasteiger partial charge in [-0.25, -0.2) is 4.79 Å². The Bertz CT molecular complexity index is 480. The molecule has 1 amide bonds. The first kappa shape index (κ1) is 14.6. The number of hydrogen-bond donors (Lipinski definition) is 2. The van der Waals surface area contributed by atoms with Gasteiger partial charge in [-0.3, -0.25) is 4.79 Å². The van der Waals surface area contributed by atoms with Gasteiger partial charge in [0.15, 0.2) is 5.54 Å². The van der Waals surface area contributed by atoms with Crippen LogP contribution in [0.15, 0.2) is 30.3 Å². The number of carboxylic acid groups (broad SMARTS) is 1. The number of carbonyl (C=O) groups is 2. The average molecular weight is 275 g/mol. The number of carbonyl (C=O) groups excluding carboxylic acids is 1. The quantitative estimate of drug-likeness (QED) is 0.887. The first-order chi connectivity index (χ1) is 9.54. The van der Waals surface area contributed by atoms with Crippen LogP contribution in [0, 0.1) is 5.92 Å². The van der Waals surface area contributed by atoms with Crippen molar-refractivity contribution in [1.82, 2.24) is 5.32 Å². The van der Waals surface area contributed by atoms with Crippen LogP contribution in [-0.2, 0) is 15.1 Å². The molecule has 1 fully saturated rings. The summed E-state index contributed by atoms with van der Waals surface area (Å²) in [7, 11) is 0. The van der Waals surface area contributed by atoms with Crippen LogP contribution in [0.3, 0.4) is 0 Å². The monoisotopic (exact) mass is 275 g/mol. The average Bonchev–Trinajstić information content (AvgIpc) is 2.48. The summed E-state index contributed by atoms with van der Waals surface area (Å²) in [4.78, 5) is 23.9. The third-order valence-corrected chi connectivity index (χ3v) is 4.13. The molecule has 0 aliphatic heterocycles. The molecule has 0 radical (unpaired) electrons. The Kier molecular flexibility index (Phi) is 4.42. The third-order valence-electron chi connectivity index (χ3n) is 4.13. The van der Waals surface area contributed by atoms with Crippen LogP contribution in [0.25, 0.3) is 0 Å². The van der Waals surface area contributed by atoms with Crippen LogP contribution in [0.4, 0.5) is 0 Å². The minimum Gasteiger partial charge on any atom is -0.479 e. The van der Waals surface area contributed by atoms with E-state index in [1.165, 1.54) is 6.42 Å². The maximum absolute atomic E-state index is 12.3. The number of benzene rings is 1. The van der Waals surface area contributed by atoms with Gasteiger partial charge in [-0.2, -0.15) is 0 Å². The number of hydrogen-bond acceptors (Lipinski definition) is 2. The van der Waals surface area contributed by atoms with E-state index in [-0.39, 0.29) is 11.8 Å². The van der Waals surface area contributed by atoms with Gasteiger partial charge in [0.1, 0.15) is 0 Å². The van der Waals surface area contributed by atoms with Crippen molar-refractivity contribution in [3.8, 4) is 0 Å². The van der Waals surface area contributed by atoms with E-state index in [1.54, 1.807) is 31.2 Å². The smallest absolute Gasteiger partial charge is 0.333 e. The first-order valence-electron chi connectivity index (χ1n) is 7.15. The number of nitrogens with one attached hydrogen (secondary N) is 1. The second kappa shape index (κ2) is 6.07. The Morgan fingerprint density at radius 2 is 1.75 bits per heavy atom. The van der Waals surface area contributed by atoms with E-state index in [1.807, 2.05) is 6.07 Å². The lowest BCUT2D eigenvalue weighted by atomic mass is 9.86. The molecule has 0 heterocycles. The topological polar surface area (TPSA) is 66.4 Å². The van der Waals surface area contributed by atoms with Crippen molar-refractivity contribution in [2.45, 2.75) is 44.6 Å².